The minimum atomic E-state index is -0.373. The molecule has 6 heteroatoms. The van der Waals surface area contributed by atoms with Crippen LogP contribution in [0, 0.1) is 0 Å². The van der Waals surface area contributed by atoms with Crippen molar-refractivity contribution in [2.45, 2.75) is 39.5 Å². The van der Waals surface area contributed by atoms with E-state index >= 15 is 0 Å². The first-order valence-electron chi connectivity index (χ1n) is 7.57. The van der Waals surface area contributed by atoms with E-state index in [0.717, 1.165) is 6.42 Å². The smallest absolute Gasteiger partial charge is 0.338 e. The number of carbonyl (C=O) groups excluding carboxylic acids is 2. The molecule has 1 heterocycles. The van der Waals surface area contributed by atoms with Crippen LogP contribution in [0.4, 0.5) is 0 Å². The summed E-state index contributed by atoms with van der Waals surface area (Å²) < 4.78 is 6.75. The highest BCUT2D eigenvalue weighted by Gasteiger charge is 2.26. The second kappa shape index (κ2) is 6.73. The van der Waals surface area contributed by atoms with Crippen molar-refractivity contribution in [3.63, 3.8) is 0 Å². The van der Waals surface area contributed by atoms with E-state index in [1.54, 1.807) is 22.9 Å². The Hall–Kier alpha value is -2.50. The van der Waals surface area contributed by atoms with Crippen LogP contribution in [0.5, 0.6) is 0 Å². The lowest BCUT2D eigenvalue weighted by Crippen LogP contribution is -2.19. The van der Waals surface area contributed by atoms with E-state index in [4.69, 9.17) is 4.74 Å². The third-order valence-corrected chi connectivity index (χ3v) is 3.28. The summed E-state index contributed by atoms with van der Waals surface area (Å²) in [5, 5.41) is 8.00. The van der Waals surface area contributed by atoms with E-state index in [-0.39, 0.29) is 11.4 Å². The summed E-state index contributed by atoms with van der Waals surface area (Å²) in [4.78, 5) is 23.2. The molecule has 0 spiro atoms. The van der Waals surface area contributed by atoms with E-state index in [2.05, 4.69) is 10.3 Å². The van der Waals surface area contributed by atoms with Crippen molar-refractivity contribution in [3.05, 3.63) is 41.2 Å². The highest BCUT2D eigenvalue weighted by atomic mass is 16.5. The number of carbonyl (C=O) groups is 2. The molecule has 0 N–H and O–H groups in total. The summed E-state index contributed by atoms with van der Waals surface area (Å²) in [6.45, 7) is 8.27. The standard InChI is InChI=1S/C17H21N3O3/c1-5-9-23-16(22)12-7-6-8-13(10-12)20-15(17(2,3)4)14(11-21)18-19-20/h6-8,10-11H,5,9H2,1-4H3. The monoisotopic (exact) mass is 315 g/mol. The molecule has 0 radical (unpaired) electrons. The maximum Gasteiger partial charge on any atom is 0.338 e. The number of aromatic nitrogens is 3. The van der Waals surface area contributed by atoms with Crippen molar-refractivity contribution in [2.75, 3.05) is 6.61 Å². The van der Waals surface area contributed by atoms with E-state index in [1.807, 2.05) is 33.8 Å². The van der Waals surface area contributed by atoms with Gasteiger partial charge in [-0.15, -0.1) is 5.10 Å². The van der Waals surface area contributed by atoms with Gasteiger partial charge in [0.05, 0.1) is 23.6 Å². The number of nitrogens with zero attached hydrogens (tertiary/aromatic N) is 3. The van der Waals surface area contributed by atoms with E-state index < -0.39 is 0 Å². The molecule has 0 atom stereocenters. The zero-order valence-electron chi connectivity index (χ0n) is 13.9. The van der Waals surface area contributed by atoms with Crippen molar-refractivity contribution < 1.29 is 14.3 Å². The largest absolute Gasteiger partial charge is 0.462 e. The minimum absolute atomic E-state index is 0.302. The molecule has 0 aliphatic carbocycles. The zero-order valence-corrected chi connectivity index (χ0v) is 13.9. The van der Waals surface area contributed by atoms with Gasteiger partial charge in [0.15, 0.2) is 6.29 Å². The fourth-order valence-corrected chi connectivity index (χ4v) is 2.30. The van der Waals surface area contributed by atoms with Crippen LogP contribution in [0.3, 0.4) is 0 Å². The van der Waals surface area contributed by atoms with Crippen molar-refractivity contribution in [1.29, 1.82) is 0 Å². The fourth-order valence-electron chi connectivity index (χ4n) is 2.30. The van der Waals surface area contributed by atoms with Crippen LogP contribution >= 0.6 is 0 Å². The number of hydrogen-bond donors (Lipinski definition) is 0. The van der Waals surface area contributed by atoms with E-state index in [9.17, 15) is 9.59 Å². The molecule has 0 saturated carbocycles. The Morgan fingerprint density at radius 1 is 1.35 bits per heavy atom. The van der Waals surface area contributed by atoms with Crippen molar-refractivity contribution >= 4 is 12.3 Å². The summed E-state index contributed by atoms with van der Waals surface area (Å²) in [5.41, 5.74) is 1.79. The third kappa shape index (κ3) is 3.64. The fraction of sp³-hybridized carbons (Fsp3) is 0.412. The molecule has 0 saturated heterocycles. The molecule has 2 aromatic rings. The molecular formula is C17H21N3O3. The Morgan fingerprint density at radius 3 is 2.70 bits per heavy atom. The second-order valence-corrected chi connectivity index (χ2v) is 6.29. The molecule has 0 unspecified atom stereocenters. The normalized spacial score (nSPS) is 11.3. The molecule has 6 nitrogen and oxygen atoms in total. The van der Waals surface area contributed by atoms with Crippen molar-refractivity contribution in [1.82, 2.24) is 15.0 Å². The van der Waals surface area contributed by atoms with E-state index in [0.29, 0.717) is 35.5 Å². The molecule has 0 aliphatic rings. The molecule has 1 aromatic heterocycles. The zero-order chi connectivity index (χ0) is 17.0. The average Bonchev–Trinajstić information content (AvgIpc) is 2.97. The highest BCUT2D eigenvalue weighted by molar-refractivity contribution is 5.90. The Kier molecular flexibility index (Phi) is 4.93. The minimum Gasteiger partial charge on any atom is -0.462 e. The summed E-state index contributed by atoms with van der Waals surface area (Å²) >= 11 is 0. The molecule has 0 amide bonds. The lowest BCUT2D eigenvalue weighted by atomic mass is 9.90. The first kappa shape index (κ1) is 16.9. The van der Waals surface area contributed by atoms with Crippen LogP contribution in [-0.2, 0) is 10.2 Å². The number of aldehydes is 1. The van der Waals surface area contributed by atoms with Crippen LogP contribution in [0.1, 0.15) is 60.7 Å². The summed E-state index contributed by atoms with van der Waals surface area (Å²) in [6, 6.07) is 6.95. The summed E-state index contributed by atoms with van der Waals surface area (Å²) in [7, 11) is 0. The molecule has 2 rings (SSSR count). The Balaban J connectivity index is 2.46. The predicted molar refractivity (Wildman–Crippen MR) is 86.0 cm³/mol. The van der Waals surface area contributed by atoms with Gasteiger partial charge in [0.25, 0.3) is 0 Å². The number of ether oxygens (including phenoxy) is 1. The Labute approximate surface area is 135 Å². The van der Waals surface area contributed by atoms with Crippen molar-refractivity contribution in [2.24, 2.45) is 0 Å². The van der Waals surface area contributed by atoms with Gasteiger partial charge in [0.1, 0.15) is 5.69 Å². The van der Waals surface area contributed by atoms with Gasteiger partial charge in [-0.05, 0) is 24.6 Å². The molecule has 0 fully saturated rings. The van der Waals surface area contributed by atoms with Crippen LogP contribution < -0.4 is 0 Å². The summed E-state index contributed by atoms with van der Waals surface area (Å²) in [5.74, 6) is -0.373. The molecule has 23 heavy (non-hydrogen) atoms. The van der Waals surface area contributed by atoms with Gasteiger partial charge in [0, 0.05) is 5.41 Å². The maximum absolute atomic E-state index is 12.0. The molecule has 1 aromatic carbocycles. The van der Waals surface area contributed by atoms with Gasteiger partial charge in [-0.1, -0.05) is 39.0 Å². The molecule has 0 bridgehead atoms. The first-order chi connectivity index (χ1) is 10.9. The SMILES string of the molecule is CCCOC(=O)c1cccc(-n2nnc(C=O)c2C(C)(C)C)c1. The maximum atomic E-state index is 12.0. The number of benzene rings is 1. The molecular weight excluding hydrogens is 294 g/mol. The highest BCUT2D eigenvalue weighted by Crippen LogP contribution is 2.26. The van der Waals surface area contributed by atoms with Crippen LogP contribution in [0.25, 0.3) is 5.69 Å². The van der Waals surface area contributed by atoms with Gasteiger partial charge < -0.3 is 4.74 Å². The second-order valence-electron chi connectivity index (χ2n) is 6.29. The first-order valence-corrected chi connectivity index (χ1v) is 7.57. The molecule has 122 valence electrons. The average molecular weight is 315 g/mol. The molecule has 0 aliphatic heterocycles. The predicted octanol–water partition coefficient (Wildman–Crippen LogP) is 2.94. The topological polar surface area (TPSA) is 74.1 Å². The van der Waals surface area contributed by atoms with Crippen LogP contribution in [0.15, 0.2) is 24.3 Å². The lowest BCUT2D eigenvalue weighted by molar-refractivity contribution is 0.0505. The van der Waals surface area contributed by atoms with Gasteiger partial charge in [-0.2, -0.15) is 0 Å². The quantitative estimate of drug-likeness (QED) is 0.626. The van der Waals surface area contributed by atoms with Crippen LogP contribution in [0.2, 0.25) is 0 Å². The van der Waals surface area contributed by atoms with E-state index in [1.165, 1.54) is 0 Å². The Morgan fingerprint density at radius 2 is 2.09 bits per heavy atom. The summed E-state index contributed by atoms with van der Waals surface area (Å²) in [6.07, 6.45) is 1.47. The Bertz CT molecular complexity index is 714. The third-order valence-electron chi connectivity index (χ3n) is 3.28. The lowest BCUT2D eigenvalue weighted by Gasteiger charge is -2.20. The number of hydrogen-bond acceptors (Lipinski definition) is 5. The van der Waals surface area contributed by atoms with Gasteiger partial charge in [-0.25, -0.2) is 9.48 Å². The van der Waals surface area contributed by atoms with Gasteiger partial charge >= 0.3 is 5.97 Å². The van der Waals surface area contributed by atoms with Gasteiger partial charge in [-0.3, -0.25) is 4.79 Å². The number of esters is 1. The number of rotatable bonds is 5. The van der Waals surface area contributed by atoms with Crippen molar-refractivity contribution in [3.8, 4) is 5.69 Å². The van der Waals surface area contributed by atoms with Gasteiger partial charge in [0.2, 0.25) is 0 Å². The van der Waals surface area contributed by atoms with Crippen LogP contribution in [-0.4, -0.2) is 33.9 Å².